The number of nitrogens with zero attached hydrogens (tertiary/aromatic N) is 2. The first-order valence-corrected chi connectivity index (χ1v) is 10.4. The number of methoxy groups -OCH3 is 1. The van der Waals surface area contributed by atoms with Crippen molar-refractivity contribution in [2.45, 2.75) is 19.3 Å². The molecule has 3 N–H and O–H groups in total. The maximum atomic E-state index is 12.3. The third-order valence-electron chi connectivity index (χ3n) is 4.61. The molecule has 3 aromatic heterocycles. The van der Waals surface area contributed by atoms with E-state index in [9.17, 15) is 14.4 Å². The molecule has 0 spiro atoms. The molecule has 4 aromatic rings. The zero-order valence-electron chi connectivity index (χ0n) is 16.6. The van der Waals surface area contributed by atoms with E-state index >= 15 is 0 Å². The standard InChI is InChI=1S/C21H19N5O4S/c1-30-20(29)15-9-12(10-22-15)16-11-31-21(24-16)26-18(27)8-4-7-17-23-14-6-3-2-5-13(14)19(28)25-17/h2-3,5-6,9-11,22H,4,7-8H2,1H3,(H,23,25,28)(H,24,26,27). The van der Waals surface area contributed by atoms with Crippen molar-refractivity contribution in [3.63, 3.8) is 0 Å². The summed E-state index contributed by atoms with van der Waals surface area (Å²) in [5, 5.41) is 5.59. The number of thiazole rings is 1. The van der Waals surface area contributed by atoms with E-state index < -0.39 is 5.97 Å². The van der Waals surface area contributed by atoms with Crippen molar-refractivity contribution in [3.05, 3.63) is 63.8 Å². The van der Waals surface area contributed by atoms with E-state index in [0.717, 1.165) is 5.56 Å². The van der Waals surface area contributed by atoms with Crippen molar-refractivity contribution in [3.8, 4) is 11.3 Å². The van der Waals surface area contributed by atoms with E-state index in [1.54, 1.807) is 35.8 Å². The fourth-order valence-corrected chi connectivity index (χ4v) is 3.82. The van der Waals surface area contributed by atoms with Gasteiger partial charge in [0, 0.05) is 30.0 Å². The summed E-state index contributed by atoms with van der Waals surface area (Å²) in [6, 6.07) is 8.78. The number of carbonyl (C=O) groups is 2. The third kappa shape index (κ3) is 4.69. The van der Waals surface area contributed by atoms with Crippen LogP contribution in [-0.4, -0.2) is 38.9 Å². The largest absolute Gasteiger partial charge is 0.464 e. The van der Waals surface area contributed by atoms with Gasteiger partial charge in [0.15, 0.2) is 5.13 Å². The highest BCUT2D eigenvalue weighted by Gasteiger charge is 2.13. The van der Waals surface area contributed by atoms with Crippen molar-refractivity contribution >= 4 is 39.2 Å². The van der Waals surface area contributed by atoms with Gasteiger partial charge in [-0.25, -0.2) is 14.8 Å². The number of ether oxygens (including phenoxy) is 1. The zero-order valence-corrected chi connectivity index (χ0v) is 17.4. The quantitative estimate of drug-likeness (QED) is 0.381. The van der Waals surface area contributed by atoms with E-state index in [0.29, 0.717) is 46.1 Å². The summed E-state index contributed by atoms with van der Waals surface area (Å²) in [7, 11) is 1.31. The number of aryl methyl sites for hydroxylation is 1. The lowest BCUT2D eigenvalue weighted by Gasteiger charge is -2.03. The lowest BCUT2D eigenvalue weighted by atomic mass is 10.2. The van der Waals surface area contributed by atoms with Crippen LogP contribution in [0.15, 0.2) is 46.7 Å². The second-order valence-corrected chi connectivity index (χ2v) is 7.62. The van der Waals surface area contributed by atoms with Crippen molar-refractivity contribution < 1.29 is 14.3 Å². The molecule has 3 heterocycles. The Morgan fingerprint density at radius 2 is 2.06 bits per heavy atom. The van der Waals surface area contributed by atoms with E-state index in [1.165, 1.54) is 18.4 Å². The number of rotatable bonds is 7. The Morgan fingerprint density at radius 3 is 2.90 bits per heavy atom. The molecule has 0 saturated heterocycles. The summed E-state index contributed by atoms with van der Waals surface area (Å²) in [4.78, 5) is 50.3. The van der Waals surface area contributed by atoms with E-state index in [2.05, 4.69) is 30.0 Å². The first-order chi connectivity index (χ1) is 15.0. The lowest BCUT2D eigenvalue weighted by molar-refractivity contribution is -0.116. The highest BCUT2D eigenvalue weighted by Crippen LogP contribution is 2.25. The van der Waals surface area contributed by atoms with E-state index in [-0.39, 0.29) is 17.9 Å². The molecule has 4 rings (SSSR count). The van der Waals surface area contributed by atoms with Crippen molar-refractivity contribution in [2.75, 3.05) is 12.4 Å². The molecule has 158 valence electrons. The fourth-order valence-electron chi connectivity index (χ4n) is 3.09. The van der Waals surface area contributed by atoms with Crippen LogP contribution in [-0.2, 0) is 16.0 Å². The predicted octanol–water partition coefficient (Wildman–Crippen LogP) is 3.12. The van der Waals surface area contributed by atoms with E-state index in [1.807, 2.05) is 6.07 Å². The Hall–Kier alpha value is -3.79. The van der Waals surface area contributed by atoms with Crippen molar-refractivity contribution in [1.29, 1.82) is 0 Å². The molecular weight excluding hydrogens is 418 g/mol. The Labute approximate surface area is 180 Å². The molecule has 0 unspecified atom stereocenters. The van der Waals surface area contributed by atoms with Crippen LogP contribution in [0.2, 0.25) is 0 Å². The van der Waals surface area contributed by atoms with Gasteiger partial charge in [-0.1, -0.05) is 12.1 Å². The number of para-hydroxylation sites is 1. The number of nitrogens with one attached hydrogen (secondary N) is 3. The van der Waals surface area contributed by atoms with E-state index in [4.69, 9.17) is 0 Å². The molecule has 0 bridgehead atoms. The van der Waals surface area contributed by atoms with Crippen LogP contribution >= 0.6 is 11.3 Å². The second-order valence-electron chi connectivity index (χ2n) is 6.76. The first-order valence-electron chi connectivity index (χ1n) is 9.54. The smallest absolute Gasteiger partial charge is 0.354 e. The molecule has 31 heavy (non-hydrogen) atoms. The Kier molecular flexibility index (Phi) is 5.89. The SMILES string of the molecule is COC(=O)c1cc(-c2csc(NC(=O)CCCc3nc4ccccc4c(=O)[nH]3)n2)c[nH]1. The molecule has 1 aromatic carbocycles. The fraction of sp³-hybridized carbons (Fsp3) is 0.190. The number of amides is 1. The highest BCUT2D eigenvalue weighted by molar-refractivity contribution is 7.14. The molecule has 0 aliphatic rings. The molecule has 0 fully saturated rings. The van der Waals surface area contributed by atoms with Crippen LogP contribution < -0.4 is 10.9 Å². The Morgan fingerprint density at radius 1 is 1.23 bits per heavy atom. The Balaban J connectivity index is 1.32. The van der Waals surface area contributed by atoms with Crippen molar-refractivity contribution in [1.82, 2.24) is 19.9 Å². The lowest BCUT2D eigenvalue weighted by Crippen LogP contribution is -2.14. The summed E-state index contributed by atoms with van der Waals surface area (Å²) >= 11 is 1.30. The number of anilines is 1. The van der Waals surface area contributed by atoms with Gasteiger partial charge in [0.25, 0.3) is 5.56 Å². The van der Waals surface area contributed by atoms with Gasteiger partial charge in [-0.2, -0.15) is 0 Å². The molecule has 0 aliphatic heterocycles. The summed E-state index contributed by atoms with van der Waals surface area (Å²) < 4.78 is 4.67. The Bertz CT molecular complexity index is 1310. The summed E-state index contributed by atoms with van der Waals surface area (Å²) in [6.07, 6.45) is 2.94. The minimum Gasteiger partial charge on any atom is -0.464 e. The highest BCUT2D eigenvalue weighted by atomic mass is 32.1. The van der Waals surface area contributed by atoms with Gasteiger partial charge < -0.3 is 20.0 Å². The average molecular weight is 437 g/mol. The van der Waals surface area contributed by atoms with Crippen LogP contribution in [0.1, 0.15) is 29.2 Å². The molecule has 0 saturated carbocycles. The topological polar surface area (TPSA) is 130 Å². The number of aromatic nitrogens is 4. The van der Waals surface area contributed by atoms with Crippen LogP contribution in [0.4, 0.5) is 5.13 Å². The number of benzene rings is 1. The minimum atomic E-state index is -0.461. The molecule has 0 radical (unpaired) electrons. The number of fused-ring (bicyclic) bond motifs is 1. The number of hydrogen-bond donors (Lipinski definition) is 3. The number of esters is 1. The molecular formula is C21H19N5O4S. The number of hydrogen-bond acceptors (Lipinski definition) is 7. The molecule has 10 heteroatoms. The molecule has 1 amide bonds. The minimum absolute atomic E-state index is 0.173. The van der Waals surface area contributed by atoms with Gasteiger partial charge >= 0.3 is 5.97 Å². The summed E-state index contributed by atoms with van der Waals surface area (Å²) in [6.45, 7) is 0. The number of aromatic amines is 2. The van der Waals surface area contributed by atoms with Crippen molar-refractivity contribution in [2.24, 2.45) is 0 Å². The van der Waals surface area contributed by atoms with Gasteiger partial charge in [0.05, 0.1) is 23.7 Å². The maximum absolute atomic E-state index is 12.3. The van der Waals surface area contributed by atoms with Gasteiger partial charge in [0.2, 0.25) is 5.91 Å². The van der Waals surface area contributed by atoms with Gasteiger partial charge in [-0.15, -0.1) is 11.3 Å². The second kappa shape index (κ2) is 8.92. The normalized spacial score (nSPS) is 10.9. The maximum Gasteiger partial charge on any atom is 0.354 e. The number of carbonyl (C=O) groups excluding carboxylic acids is 2. The van der Waals surface area contributed by atoms with Gasteiger partial charge in [0.1, 0.15) is 11.5 Å². The molecule has 0 atom stereocenters. The predicted molar refractivity (Wildman–Crippen MR) is 117 cm³/mol. The van der Waals surface area contributed by atoms with Gasteiger partial charge in [-0.3, -0.25) is 9.59 Å². The third-order valence-corrected chi connectivity index (χ3v) is 5.37. The zero-order chi connectivity index (χ0) is 21.8. The average Bonchev–Trinajstić information content (AvgIpc) is 3.43. The summed E-state index contributed by atoms with van der Waals surface area (Å²) in [5.41, 5.74) is 2.16. The van der Waals surface area contributed by atoms with Crippen LogP contribution in [0.5, 0.6) is 0 Å². The first kappa shape index (κ1) is 20.5. The molecule has 0 aliphatic carbocycles. The van der Waals surface area contributed by atoms with Crippen LogP contribution in [0.3, 0.4) is 0 Å². The van der Waals surface area contributed by atoms with Crippen LogP contribution in [0, 0.1) is 0 Å². The van der Waals surface area contributed by atoms with Gasteiger partial charge in [-0.05, 0) is 24.6 Å². The van der Waals surface area contributed by atoms with Crippen LogP contribution in [0.25, 0.3) is 22.2 Å². The summed E-state index contributed by atoms with van der Waals surface area (Å²) in [5.74, 6) is -0.0764. The monoisotopic (exact) mass is 437 g/mol. The molecule has 9 nitrogen and oxygen atoms in total. The number of H-pyrrole nitrogens is 2.